The Morgan fingerprint density at radius 1 is 1.14 bits per heavy atom. The quantitative estimate of drug-likeness (QED) is 0.512. The van der Waals surface area contributed by atoms with E-state index >= 15 is 0 Å². The lowest BCUT2D eigenvalue weighted by atomic mass is 9.88. The molecule has 4 rings (SSSR count). The van der Waals surface area contributed by atoms with Crippen molar-refractivity contribution in [3.8, 4) is 17.3 Å². The van der Waals surface area contributed by atoms with Gasteiger partial charge in [-0.15, -0.1) is 0 Å². The lowest BCUT2D eigenvalue weighted by Crippen LogP contribution is -2.37. The molecule has 36 heavy (non-hydrogen) atoms. The summed E-state index contributed by atoms with van der Waals surface area (Å²) in [5.74, 6) is 1.05. The summed E-state index contributed by atoms with van der Waals surface area (Å²) in [7, 11) is 0. The Morgan fingerprint density at radius 2 is 1.86 bits per heavy atom. The van der Waals surface area contributed by atoms with E-state index in [0.717, 1.165) is 24.5 Å². The van der Waals surface area contributed by atoms with Crippen molar-refractivity contribution in [2.75, 3.05) is 48.4 Å². The number of rotatable bonds is 7. The third kappa shape index (κ3) is 5.44. The van der Waals surface area contributed by atoms with E-state index in [1.807, 2.05) is 44.2 Å². The highest BCUT2D eigenvalue weighted by Gasteiger charge is 2.28. The number of amides is 1. The van der Waals surface area contributed by atoms with E-state index in [1.54, 1.807) is 26.0 Å². The molecule has 9 nitrogen and oxygen atoms in total. The van der Waals surface area contributed by atoms with Gasteiger partial charge in [0.1, 0.15) is 5.82 Å². The fourth-order valence-corrected chi connectivity index (χ4v) is 4.04. The molecule has 0 radical (unpaired) electrons. The maximum absolute atomic E-state index is 13.0. The molecule has 1 fully saturated rings. The number of aromatic nitrogens is 3. The van der Waals surface area contributed by atoms with Gasteiger partial charge >= 0.3 is 0 Å². The number of hydrogen-bond donors (Lipinski definition) is 2. The predicted octanol–water partition coefficient (Wildman–Crippen LogP) is 4.17. The van der Waals surface area contributed by atoms with Crippen molar-refractivity contribution >= 4 is 23.4 Å². The number of aryl methyl sites for hydroxylation is 1. The summed E-state index contributed by atoms with van der Waals surface area (Å²) in [6.07, 6.45) is 0. The predicted molar refractivity (Wildman–Crippen MR) is 140 cm³/mol. The maximum Gasteiger partial charge on any atom is 0.255 e. The van der Waals surface area contributed by atoms with Gasteiger partial charge in [0.15, 0.2) is 0 Å². The summed E-state index contributed by atoms with van der Waals surface area (Å²) in [5.41, 5.74) is 2.74. The minimum Gasteiger partial charge on any atom is -0.378 e. The number of nitrogens with zero attached hydrogens (tertiary/aromatic N) is 5. The lowest BCUT2D eigenvalue weighted by Gasteiger charge is -2.28. The topological polar surface area (TPSA) is 116 Å². The smallest absolute Gasteiger partial charge is 0.255 e. The summed E-state index contributed by atoms with van der Waals surface area (Å²) in [4.78, 5) is 29.5. The molecule has 9 heteroatoms. The van der Waals surface area contributed by atoms with Crippen LogP contribution in [-0.4, -0.2) is 53.7 Å². The van der Waals surface area contributed by atoms with Crippen LogP contribution in [0.15, 0.2) is 42.5 Å². The molecule has 1 aliphatic rings. The molecule has 0 spiro atoms. The summed E-state index contributed by atoms with van der Waals surface area (Å²) in [6, 6.07) is 15.1. The number of ether oxygens (including phenoxy) is 1. The number of benzene rings is 1. The van der Waals surface area contributed by atoms with E-state index in [9.17, 15) is 10.1 Å². The minimum absolute atomic E-state index is 0.271. The van der Waals surface area contributed by atoms with Crippen molar-refractivity contribution in [3.05, 3.63) is 59.4 Å². The molecule has 1 aliphatic heterocycles. The SMILES string of the molecule is CCNc1nc(-c2cc(NC(=O)c3ccccc3)c(C(C)(C)C#N)nc2C)cc(N2CCOCC2)n1. The van der Waals surface area contributed by atoms with Crippen LogP contribution in [0, 0.1) is 18.3 Å². The second-order valence-corrected chi connectivity index (χ2v) is 9.14. The number of carbonyl (C=O) groups is 1. The first-order valence-corrected chi connectivity index (χ1v) is 12.1. The molecule has 3 heterocycles. The third-order valence-corrected chi connectivity index (χ3v) is 6.03. The van der Waals surface area contributed by atoms with E-state index in [1.165, 1.54) is 0 Å². The molecule has 1 amide bonds. The Hall–Kier alpha value is -4.03. The molecule has 0 saturated carbocycles. The average molecular weight is 486 g/mol. The Bertz CT molecular complexity index is 1280. The number of nitriles is 1. The zero-order valence-electron chi connectivity index (χ0n) is 21.1. The molecule has 2 aromatic heterocycles. The standard InChI is InChI=1S/C27H31N7O2/c1-5-29-26-32-21(16-23(33-26)34-11-13-36-14-12-34)20-15-22(24(30-18(20)2)27(3,4)17-28)31-25(35)19-9-7-6-8-10-19/h6-10,15-16H,5,11-14H2,1-4H3,(H,31,35)(H,29,32,33). The Morgan fingerprint density at radius 3 is 2.53 bits per heavy atom. The fraction of sp³-hybridized carbons (Fsp3) is 0.370. The Balaban J connectivity index is 1.82. The van der Waals surface area contributed by atoms with Crippen molar-refractivity contribution in [2.24, 2.45) is 0 Å². The highest BCUT2D eigenvalue weighted by atomic mass is 16.5. The number of anilines is 3. The van der Waals surface area contributed by atoms with Crippen LogP contribution in [0.5, 0.6) is 0 Å². The number of hydrogen-bond acceptors (Lipinski definition) is 8. The Kier molecular flexibility index (Phi) is 7.46. The molecule has 0 bridgehead atoms. The second-order valence-electron chi connectivity index (χ2n) is 9.14. The number of pyridine rings is 1. The molecule has 1 aromatic carbocycles. The van der Waals surface area contributed by atoms with Crippen LogP contribution in [0.2, 0.25) is 0 Å². The second kappa shape index (κ2) is 10.7. The highest BCUT2D eigenvalue weighted by Crippen LogP contribution is 2.34. The molecule has 0 atom stereocenters. The first kappa shape index (κ1) is 25.1. The van der Waals surface area contributed by atoms with Gasteiger partial charge in [0.05, 0.1) is 41.8 Å². The van der Waals surface area contributed by atoms with Gasteiger partial charge in [0, 0.05) is 42.5 Å². The van der Waals surface area contributed by atoms with E-state index in [-0.39, 0.29) is 5.91 Å². The summed E-state index contributed by atoms with van der Waals surface area (Å²) in [5, 5.41) is 16.0. The monoisotopic (exact) mass is 485 g/mol. The van der Waals surface area contributed by atoms with E-state index in [4.69, 9.17) is 19.7 Å². The summed E-state index contributed by atoms with van der Waals surface area (Å²) in [6.45, 7) is 10.9. The molecular weight excluding hydrogens is 454 g/mol. The summed E-state index contributed by atoms with van der Waals surface area (Å²) >= 11 is 0. The third-order valence-electron chi connectivity index (χ3n) is 6.03. The van der Waals surface area contributed by atoms with Crippen molar-refractivity contribution in [3.63, 3.8) is 0 Å². The highest BCUT2D eigenvalue weighted by molar-refractivity contribution is 6.05. The molecule has 0 unspecified atom stereocenters. The molecular formula is C27H31N7O2. The number of carbonyl (C=O) groups excluding carboxylic acids is 1. The molecule has 186 valence electrons. The molecule has 2 N–H and O–H groups in total. The van der Waals surface area contributed by atoms with Gasteiger partial charge in [-0.3, -0.25) is 9.78 Å². The minimum atomic E-state index is -0.915. The number of nitrogens with one attached hydrogen (secondary N) is 2. The van der Waals surface area contributed by atoms with Crippen molar-refractivity contribution in [1.29, 1.82) is 5.26 Å². The molecule has 3 aromatic rings. The molecule has 1 saturated heterocycles. The van der Waals surface area contributed by atoms with Gasteiger partial charge in [-0.25, -0.2) is 4.98 Å². The van der Waals surface area contributed by atoms with Crippen LogP contribution in [0.25, 0.3) is 11.3 Å². The number of morpholine rings is 1. The van der Waals surface area contributed by atoms with E-state index in [2.05, 4.69) is 21.6 Å². The van der Waals surface area contributed by atoms with Crippen LogP contribution in [0.3, 0.4) is 0 Å². The first-order valence-electron chi connectivity index (χ1n) is 12.1. The first-order chi connectivity index (χ1) is 17.3. The van der Waals surface area contributed by atoms with Crippen LogP contribution >= 0.6 is 0 Å². The molecule has 0 aliphatic carbocycles. The lowest BCUT2D eigenvalue weighted by molar-refractivity contribution is 0.102. The largest absolute Gasteiger partial charge is 0.378 e. The van der Waals surface area contributed by atoms with Crippen molar-refractivity contribution in [1.82, 2.24) is 15.0 Å². The zero-order valence-corrected chi connectivity index (χ0v) is 21.1. The van der Waals surface area contributed by atoms with E-state index in [0.29, 0.717) is 54.0 Å². The van der Waals surface area contributed by atoms with Gasteiger partial charge in [-0.1, -0.05) is 18.2 Å². The van der Waals surface area contributed by atoms with Crippen LogP contribution in [0.4, 0.5) is 17.5 Å². The van der Waals surface area contributed by atoms with Gasteiger partial charge in [0.2, 0.25) is 5.95 Å². The van der Waals surface area contributed by atoms with Crippen molar-refractivity contribution < 1.29 is 9.53 Å². The normalized spacial score (nSPS) is 13.7. The zero-order chi connectivity index (χ0) is 25.7. The van der Waals surface area contributed by atoms with Gasteiger partial charge in [-0.2, -0.15) is 10.2 Å². The van der Waals surface area contributed by atoms with E-state index < -0.39 is 5.41 Å². The average Bonchev–Trinajstić information content (AvgIpc) is 2.90. The van der Waals surface area contributed by atoms with Gasteiger partial charge in [0.25, 0.3) is 5.91 Å². The Labute approximate surface area is 211 Å². The van der Waals surface area contributed by atoms with Gasteiger partial charge < -0.3 is 20.3 Å². The van der Waals surface area contributed by atoms with Gasteiger partial charge in [-0.05, 0) is 45.9 Å². The van der Waals surface area contributed by atoms with Crippen molar-refractivity contribution in [2.45, 2.75) is 33.1 Å². The van der Waals surface area contributed by atoms with Crippen LogP contribution < -0.4 is 15.5 Å². The van der Waals surface area contributed by atoms with Crippen LogP contribution in [-0.2, 0) is 10.2 Å². The summed E-state index contributed by atoms with van der Waals surface area (Å²) < 4.78 is 5.50. The van der Waals surface area contributed by atoms with Crippen LogP contribution in [0.1, 0.15) is 42.5 Å². The fourth-order valence-electron chi connectivity index (χ4n) is 4.04. The maximum atomic E-state index is 13.0.